The molecule has 1 aliphatic carbocycles. The fourth-order valence-electron chi connectivity index (χ4n) is 2.18. The van der Waals surface area contributed by atoms with Crippen LogP contribution in [0.5, 0.6) is 0 Å². The minimum Gasteiger partial charge on any atom is -0.469 e. The van der Waals surface area contributed by atoms with Crippen molar-refractivity contribution in [3.63, 3.8) is 0 Å². The minimum absolute atomic E-state index is 0.311. The second-order valence-corrected chi connectivity index (χ2v) is 6.79. The highest BCUT2D eigenvalue weighted by molar-refractivity contribution is 8.13. The molecule has 0 amide bonds. The number of ether oxygens (including phenoxy) is 1. The molecule has 88 valence electrons. The van der Waals surface area contributed by atoms with Gasteiger partial charge in [-0.2, -0.15) is 0 Å². The van der Waals surface area contributed by atoms with Crippen LogP contribution in [0, 0.1) is 5.41 Å². The lowest BCUT2D eigenvalue weighted by atomic mass is 9.75. The van der Waals surface area contributed by atoms with Crippen molar-refractivity contribution in [3.05, 3.63) is 0 Å². The van der Waals surface area contributed by atoms with Crippen LogP contribution in [-0.2, 0) is 18.6 Å². The van der Waals surface area contributed by atoms with E-state index in [1.807, 2.05) is 0 Å². The third-order valence-corrected chi connectivity index (χ3v) is 4.10. The largest absolute Gasteiger partial charge is 0.469 e. The summed E-state index contributed by atoms with van der Waals surface area (Å²) in [6.07, 6.45) is 3.82. The number of carbonyl (C=O) groups excluding carboxylic acids is 1. The van der Waals surface area contributed by atoms with Crippen LogP contribution in [-0.4, -0.2) is 27.2 Å². The molecule has 0 aromatic carbocycles. The van der Waals surface area contributed by atoms with Crippen molar-refractivity contribution in [1.82, 2.24) is 0 Å². The lowest BCUT2D eigenvalue weighted by Crippen LogP contribution is -2.39. The molecule has 1 aliphatic rings. The van der Waals surface area contributed by atoms with Crippen LogP contribution in [0.15, 0.2) is 0 Å². The molecule has 0 atom stereocenters. The molecule has 0 heterocycles. The van der Waals surface area contributed by atoms with Crippen LogP contribution in [0.4, 0.5) is 0 Å². The number of methoxy groups -OCH3 is 1. The van der Waals surface area contributed by atoms with E-state index in [9.17, 15) is 13.2 Å². The fraction of sp³-hybridized carbons (Fsp3) is 0.889. The van der Waals surface area contributed by atoms with E-state index in [4.69, 9.17) is 10.7 Å². The van der Waals surface area contributed by atoms with E-state index in [0.29, 0.717) is 12.8 Å². The molecule has 0 N–H and O–H groups in total. The predicted molar refractivity (Wildman–Crippen MR) is 57.2 cm³/mol. The Kier molecular flexibility index (Phi) is 4.00. The molecular weight excluding hydrogens is 240 g/mol. The molecule has 0 spiro atoms. The highest BCUT2D eigenvalue weighted by atomic mass is 35.7. The normalized spacial score (nSPS) is 20.9. The second kappa shape index (κ2) is 4.70. The second-order valence-electron chi connectivity index (χ2n) is 4.02. The van der Waals surface area contributed by atoms with Gasteiger partial charge in [0.25, 0.3) is 0 Å². The summed E-state index contributed by atoms with van der Waals surface area (Å²) in [7, 11) is 2.83. The van der Waals surface area contributed by atoms with Gasteiger partial charge in [-0.25, -0.2) is 8.42 Å². The fourth-order valence-corrected chi connectivity index (χ4v) is 3.88. The molecule has 0 radical (unpaired) electrons. The summed E-state index contributed by atoms with van der Waals surface area (Å²) < 4.78 is 26.8. The summed E-state index contributed by atoms with van der Waals surface area (Å²) in [5, 5.41) is 0. The van der Waals surface area contributed by atoms with Crippen molar-refractivity contribution in [2.24, 2.45) is 5.41 Å². The Bertz CT molecular complexity index is 330. The molecule has 1 rings (SSSR count). The first kappa shape index (κ1) is 12.8. The maximum Gasteiger partial charge on any atom is 0.312 e. The molecule has 1 fully saturated rings. The Balaban J connectivity index is 2.90. The van der Waals surface area contributed by atoms with E-state index in [2.05, 4.69) is 4.74 Å². The van der Waals surface area contributed by atoms with E-state index < -0.39 is 20.4 Å². The molecule has 0 aliphatic heterocycles. The average Bonchev–Trinajstić information content (AvgIpc) is 2.15. The minimum atomic E-state index is -3.67. The molecule has 0 aromatic rings. The Morgan fingerprint density at radius 1 is 1.33 bits per heavy atom. The number of esters is 1. The smallest absolute Gasteiger partial charge is 0.312 e. The first-order valence-corrected chi connectivity index (χ1v) is 7.38. The Morgan fingerprint density at radius 2 is 1.87 bits per heavy atom. The SMILES string of the molecule is COC(=O)C1(CS(=O)(=O)Cl)CCCCC1. The van der Waals surface area contributed by atoms with Crippen molar-refractivity contribution in [3.8, 4) is 0 Å². The molecular formula is C9H15ClO4S. The van der Waals surface area contributed by atoms with Gasteiger partial charge in [-0.3, -0.25) is 4.79 Å². The third-order valence-electron chi connectivity index (χ3n) is 2.88. The lowest BCUT2D eigenvalue weighted by molar-refractivity contribution is -0.153. The summed E-state index contributed by atoms with van der Waals surface area (Å²) in [5.74, 6) is -0.764. The van der Waals surface area contributed by atoms with Crippen molar-refractivity contribution < 1.29 is 17.9 Å². The zero-order valence-corrected chi connectivity index (χ0v) is 10.2. The summed E-state index contributed by atoms with van der Waals surface area (Å²) in [6, 6.07) is 0. The van der Waals surface area contributed by atoms with Gasteiger partial charge in [-0.15, -0.1) is 0 Å². The monoisotopic (exact) mass is 254 g/mol. The van der Waals surface area contributed by atoms with Crippen molar-refractivity contribution >= 4 is 25.7 Å². The summed E-state index contributed by atoms with van der Waals surface area (Å²) in [5.41, 5.74) is -0.909. The van der Waals surface area contributed by atoms with Crippen LogP contribution in [0.1, 0.15) is 32.1 Å². The van der Waals surface area contributed by atoms with Gasteiger partial charge in [-0.05, 0) is 12.8 Å². The van der Waals surface area contributed by atoms with Crippen molar-refractivity contribution in [2.75, 3.05) is 12.9 Å². The molecule has 0 bridgehead atoms. The quantitative estimate of drug-likeness (QED) is 0.568. The number of hydrogen-bond donors (Lipinski definition) is 0. The van der Waals surface area contributed by atoms with Crippen LogP contribution in [0.2, 0.25) is 0 Å². The maximum atomic E-state index is 11.6. The number of halogens is 1. The Labute approximate surface area is 94.4 Å². The van der Waals surface area contributed by atoms with Gasteiger partial charge in [0, 0.05) is 10.7 Å². The summed E-state index contributed by atoms with van der Waals surface area (Å²) in [6.45, 7) is 0. The molecule has 4 nitrogen and oxygen atoms in total. The van der Waals surface area contributed by atoms with Gasteiger partial charge < -0.3 is 4.74 Å². The van der Waals surface area contributed by atoms with Crippen LogP contribution >= 0.6 is 10.7 Å². The number of rotatable bonds is 3. The van der Waals surface area contributed by atoms with Gasteiger partial charge in [0.05, 0.1) is 18.3 Å². The zero-order chi connectivity index (χ0) is 11.5. The van der Waals surface area contributed by atoms with Gasteiger partial charge in [-0.1, -0.05) is 19.3 Å². The van der Waals surface area contributed by atoms with E-state index >= 15 is 0 Å². The van der Waals surface area contributed by atoms with Gasteiger partial charge in [0.15, 0.2) is 0 Å². The van der Waals surface area contributed by atoms with Gasteiger partial charge in [0.2, 0.25) is 9.05 Å². The molecule has 0 saturated heterocycles. The number of hydrogen-bond acceptors (Lipinski definition) is 4. The Hall–Kier alpha value is -0.290. The third kappa shape index (κ3) is 3.34. The zero-order valence-electron chi connectivity index (χ0n) is 8.66. The summed E-state index contributed by atoms with van der Waals surface area (Å²) >= 11 is 0. The first-order chi connectivity index (χ1) is 6.90. The highest BCUT2D eigenvalue weighted by Crippen LogP contribution is 2.39. The lowest BCUT2D eigenvalue weighted by Gasteiger charge is -2.33. The molecule has 0 aromatic heterocycles. The topological polar surface area (TPSA) is 60.4 Å². The maximum absolute atomic E-state index is 11.6. The van der Waals surface area contributed by atoms with Gasteiger partial charge >= 0.3 is 5.97 Å². The van der Waals surface area contributed by atoms with E-state index in [-0.39, 0.29) is 5.75 Å². The molecule has 1 saturated carbocycles. The van der Waals surface area contributed by atoms with Crippen molar-refractivity contribution in [2.45, 2.75) is 32.1 Å². The van der Waals surface area contributed by atoms with E-state index in [1.165, 1.54) is 7.11 Å². The van der Waals surface area contributed by atoms with E-state index in [0.717, 1.165) is 19.3 Å². The van der Waals surface area contributed by atoms with Crippen LogP contribution in [0.3, 0.4) is 0 Å². The van der Waals surface area contributed by atoms with Crippen LogP contribution < -0.4 is 0 Å². The molecule has 0 unspecified atom stereocenters. The van der Waals surface area contributed by atoms with E-state index in [1.54, 1.807) is 0 Å². The Morgan fingerprint density at radius 3 is 2.27 bits per heavy atom. The average molecular weight is 255 g/mol. The first-order valence-electron chi connectivity index (χ1n) is 4.90. The number of carbonyl (C=O) groups is 1. The van der Waals surface area contributed by atoms with Crippen molar-refractivity contribution in [1.29, 1.82) is 0 Å². The molecule has 6 heteroatoms. The van der Waals surface area contributed by atoms with Gasteiger partial charge in [0.1, 0.15) is 0 Å². The standard InChI is InChI=1S/C9H15ClO4S/c1-14-8(11)9(7-15(10,12)13)5-3-2-4-6-9/h2-7H2,1H3. The highest BCUT2D eigenvalue weighted by Gasteiger charge is 2.43. The molecule has 15 heavy (non-hydrogen) atoms. The van der Waals surface area contributed by atoms with Crippen LogP contribution in [0.25, 0.3) is 0 Å². The predicted octanol–water partition coefficient (Wildman–Crippen LogP) is 1.68. The summed E-state index contributed by atoms with van der Waals surface area (Å²) in [4.78, 5) is 11.6.